The van der Waals surface area contributed by atoms with Crippen LogP contribution in [0.3, 0.4) is 0 Å². The van der Waals surface area contributed by atoms with Gasteiger partial charge in [-0.1, -0.05) is 40.6 Å². The predicted molar refractivity (Wildman–Crippen MR) is 103 cm³/mol. The van der Waals surface area contributed by atoms with E-state index >= 15 is 0 Å². The fourth-order valence-electron chi connectivity index (χ4n) is 1.81. The Balaban J connectivity index is 2.92. The number of carbonyl (C=O) groups is 1. The molecule has 0 aliphatic carbocycles. The van der Waals surface area contributed by atoms with Crippen molar-refractivity contribution in [2.75, 3.05) is 6.61 Å². The Bertz CT molecular complexity index is 602. The van der Waals surface area contributed by atoms with Gasteiger partial charge in [-0.2, -0.15) is 4.55 Å². The summed E-state index contributed by atoms with van der Waals surface area (Å²) in [5, 5.41) is 0.880. The molecule has 1 rings (SSSR count). The Morgan fingerprint density at radius 2 is 2.00 bits per heavy atom. The van der Waals surface area contributed by atoms with Gasteiger partial charge in [0, 0.05) is 6.42 Å². The molecule has 0 spiro atoms. The van der Waals surface area contributed by atoms with Crippen molar-refractivity contribution < 1.29 is 14.1 Å². The van der Waals surface area contributed by atoms with Crippen molar-refractivity contribution in [2.24, 2.45) is 0 Å². The fourth-order valence-corrected chi connectivity index (χ4v) is 2.91. The number of carbonyl (C=O) groups excluding carboxylic acids is 1. The van der Waals surface area contributed by atoms with Crippen LogP contribution in [-0.4, -0.2) is 27.9 Å². The average molecular weight is 393 g/mol. The summed E-state index contributed by atoms with van der Waals surface area (Å²) in [7, 11) is 0. The molecule has 134 valence electrons. The minimum atomic E-state index is -1.16. The van der Waals surface area contributed by atoms with Crippen LogP contribution in [0.1, 0.15) is 39.7 Å². The third kappa shape index (κ3) is 6.30. The first-order chi connectivity index (χ1) is 11.1. The number of ether oxygens (including phenoxy) is 1. The smallest absolute Gasteiger partial charge is 0.328 e. The SMILES string of the molecule is C=C(C[C@H](N[S+](O)C(C)(C)C)C(=O)OCC)c1ccc(Cl)c(Cl)c1. The molecule has 1 aromatic rings. The van der Waals surface area contributed by atoms with Crippen LogP contribution in [0, 0.1) is 0 Å². The van der Waals surface area contributed by atoms with Gasteiger partial charge >= 0.3 is 5.97 Å². The molecule has 4 nitrogen and oxygen atoms in total. The van der Waals surface area contributed by atoms with Crippen LogP contribution in [0.2, 0.25) is 10.0 Å². The molecule has 1 unspecified atom stereocenters. The van der Waals surface area contributed by atoms with Crippen LogP contribution < -0.4 is 4.72 Å². The topological polar surface area (TPSA) is 58.6 Å². The summed E-state index contributed by atoms with van der Waals surface area (Å²) < 4.78 is 17.9. The number of rotatable bonds is 7. The Hall–Kier alpha value is -0.720. The minimum Gasteiger partial charge on any atom is -0.465 e. The molecule has 1 aromatic carbocycles. The van der Waals surface area contributed by atoms with E-state index in [-0.39, 0.29) is 13.0 Å². The Morgan fingerprint density at radius 1 is 1.38 bits per heavy atom. The van der Waals surface area contributed by atoms with Crippen molar-refractivity contribution in [3.8, 4) is 0 Å². The lowest BCUT2D eigenvalue weighted by Crippen LogP contribution is -2.48. The highest BCUT2D eigenvalue weighted by Gasteiger charge is 2.39. The normalized spacial score (nSPS) is 14.1. The highest BCUT2D eigenvalue weighted by atomic mass is 35.5. The summed E-state index contributed by atoms with van der Waals surface area (Å²) in [5.41, 5.74) is 1.49. The molecule has 0 bridgehead atoms. The van der Waals surface area contributed by atoms with E-state index in [2.05, 4.69) is 11.3 Å². The van der Waals surface area contributed by atoms with Gasteiger partial charge in [0.05, 0.1) is 16.7 Å². The number of hydrogen-bond acceptors (Lipinski definition) is 4. The first-order valence-corrected chi connectivity index (χ1v) is 9.49. The second kappa shape index (κ2) is 9.11. The molecule has 0 amide bonds. The molecule has 0 saturated heterocycles. The number of esters is 1. The summed E-state index contributed by atoms with van der Waals surface area (Å²) in [6.45, 7) is 11.7. The van der Waals surface area contributed by atoms with Crippen LogP contribution >= 0.6 is 23.2 Å². The zero-order valence-corrected chi connectivity index (χ0v) is 16.7. The third-order valence-electron chi connectivity index (χ3n) is 3.18. The average Bonchev–Trinajstić information content (AvgIpc) is 2.48. The Morgan fingerprint density at radius 3 is 2.50 bits per heavy atom. The molecule has 7 heteroatoms. The molecule has 0 saturated carbocycles. The quantitative estimate of drug-likeness (QED) is 0.520. The molecule has 0 radical (unpaired) electrons. The largest absolute Gasteiger partial charge is 0.465 e. The standard InChI is InChI=1S/C17H24Cl2NO3S/c1-6-23-16(21)15(20-24(22)17(3,4)5)9-11(2)12-7-8-13(18)14(19)10-12/h7-8,10,15,20,22H,2,6,9H2,1,3-5H3/q+1/t15-,24?/m0/s1. The van der Waals surface area contributed by atoms with Crippen molar-refractivity contribution >= 4 is 46.1 Å². The highest BCUT2D eigenvalue weighted by molar-refractivity contribution is 7.90. The van der Waals surface area contributed by atoms with Crippen LogP contribution in [0.25, 0.3) is 5.57 Å². The lowest BCUT2D eigenvalue weighted by atomic mass is 10.0. The lowest BCUT2D eigenvalue weighted by molar-refractivity contribution is -0.144. The zero-order valence-electron chi connectivity index (χ0n) is 14.4. The number of hydrogen-bond donors (Lipinski definition) is 2. The highest BCUT2D eigenvalue weighted by Crippen LogP contribution is 2.28. The molecule has 0 aliphatic rings. The lowest BCUT2D eigenvalue weighted by Gasteiger charge is -2.20. The van der Waals surface area contributed by atoms with Gasteiger partial charge in [0.25, 0.3) is 0 Å². The van der Waals surface area contributed by atoms with E-state index in [0.717, 1.165) is 5.56 Å². The molecular formula is C17H24Cl2NO3S+. The van der Waals surface area contributed by atoms with E-state index in [9.17, 15) is 9.35 Å². The van der Waals surface area contributed by atoms with Gasteiger partial charge in [0.1, 0.15) is 0 Å². The number of halogens is 2. The first-order valence-electron chi connectivity index (χ1n) is 7.55. The van der Waals surface area contributed by atoms with Crippen molar-refractivity contribution in [3.63, 3.8) is 0 Å². The van der Waals surface area contributed by atoms with Gasteiger partial charge in [0.2, 0.25) is 11.4 Å². The Labute approximate surface area is 156 Å². The maximum atomic E-state index is 12.2. The summed E-state index contributed by atoms with van der Waals surface area (Å²) in [6, 6.07) is 4.49. The maximum absolute atomic E-state index is 12.2. The molecule has 0 fully saturated rings. The van der Waals surface area contributed by atoms with Crippen LogP contribution in [0.4, 0.5) is 0 Å². The molecule has 24 heavy (non-hydrogen) atoms. The summed E-state index contributed by atoms with van der Waals surface area (Å²) in [6.07, 6.45) is 0.289. The molecule has 2 N–H and O–H groups in total. The molecule has 0 heterocycles. The minimum absolute atomic E-state index is 0.269. The maximum Gasteiger partial charge on any atom is 0.328 e. The molecular weight excluding hydrogens is 369 g/mol. The van der Waals surface area contributed by atoms with E-state index in [0.29, 0.717) is 15.6 Å². The van der Waals surface area contributed by atoms with Gasteiger partial charge in [-0.25, -0.2) is 0 Å². The second-order valence-corrected chi connectivity index (χ2v) is 9.10. The summed E-state index contributed by atoms with van der Waals surface area (Å²) in [5.74, 6) is -0.422. The van der Waals surface area contributed by atoms with Crippen LogP contribution in [-0.2, 0) is 20.9 Å². The summed E-state index contributed by atoms with van der Waals surface area (Å²) >= 11 is 10.8. The van der Waals surface area contributed by atoms with Crippen molar-refractivity contribution in [2.45, 2.75) is 44.9 Å². The zero-order chi connectivity index (χ0) is 18.5. The van der Waals surface area contributed by atoms with Gasteiger partial charge in [-0.05, 0) is 51.0 Å². The first kappa shape index (κ1) is 21.3. The van der Waals surface area contributed by atoms with Gasteiger partial charge in [0.15, 0.2) is 10.8 Å². The van der Waals surface area contributed by atoms with Gasteiger partial charge in [-0.15, -0.1) is 0 Å². The van der Waals surface area contributed by atoms with E-state index < -0.39 is 28.1 Å². The molecule has 2 atom stereocenters. The third-order valence-corrected chi connectivity index (χ3v) is 5.59. The van der Waals surface area contributed by atoms with E-state index in [1.807, 2.05) is 20.8 Å². The van der Waals surface area contributed by atoms with Crippen molar-refractivity contribution in [3.05, 3.63) is 40.4 Å². The summed E-state index contributed by atoms with van der Waals surface area (Å²) in [4.78, 5) is 12.2. The molecule has 0 aromatic heterocycles. The number of benzene rings is 1. The van der Waals surface area contributed by atoms with Gasteiger partial charge < -0.3 is 4.74 Å². The van der Waals surface area contributed by atoms with E-state index in [1.54, 1.807) is 25.1 Å². The van der Waals surface area contributed by atoms with Crippen molar-refractivity contribution in [1.82, 2.24) is 4.72 Å². The van der Waals surface area contributed by atoms with Crippen molar-refractivity contribution in [1.29, 1.82) is 0 Å². The molecule has 0 aliphatic heterocycles. The fraction of sp³-hybridized carbons (Fsp3) is 0.471. The van der Waals surface area contributed by atoms with E-state index in [4.69, 9.17) is 27.9 Å². The van der Waals surface area contributed by atoms with Gasteiger partial charge in [-0.3, -0.25) is 4.79 Å². The van der Waals surface area contributed by atoms with Crippen LogP contribution in [0.5, 0.6) is 0 Å². The predicted octanol–water partition coefficient (Wildman–Crippen LogP) is 4.72. The van der Waals surface area contributed by atoms with E-state index in [1.165, 1.54) is 0 Å². The monoisotopic (exact) mass is 392 g/mol. The van der Waals surface area contributed by atoms with Crippen LogP contribution in [0.15, 0.2) is 24.8 Å². The number of nitrogens with one attached hydrogen (secondary N) is 1. The Kier molecular flexibility index (Phi) is 8.09. The second-order valence-electron chi connectivity index (χ2n) is 6.26.